The van der Waals surface area contributed by atoms with Gasteiger partial charge in [0.1, 0.15) is 0 Å². The minimum absolute atomic E-state index is 0.313. The van der Waals surface area contributed by atoms with Crippen molar-refractivity contribution < 1.29 is 0 Å². The average molecular weight is 252 g/mol. The topological polar surface area (TPSA) is 29.3 Å². The summed E-state index contributed by atoms with van der Waals surface area (Å²) in [6, 6.07) is 0. The molecule has 2 heteroatoms. The third kappa shape index (κ3) is 3.27. The molecule has 0 radical (unpaired) electrons. The van der Waals surface area contributed by atoms with Crippen LogP contribution in [-0.2, 0) is 0 Å². The van der Waals surface area contributed by atoms with E-state index in [4.69, 9.17) is 5.73 Å². The van der Waals surface area contributed by atoms with Crippen molar-refractivity contribution in [3.05, 3.63) is 0 Å². The van der Waals surface area contributed by atoms with E-state index in [0.29, 0.717) is 5.54 Å². The molecule has 0 amide bonds. The maximum Gasteiger partial charge on any atom is 0.0328 e. The smallest absolute Gasteiger partial charge is 0.0328 e. The first-order valence-electron chi connectivity index (χ1n) is 8.07. The number of hydrogen-bond donors (Lipinski definition) is 1. The summed E-state index contributed by atoms with van der Waals surface area (Å²) < 4.78 is 0. The minimum Gasteiger partial charge on any atom is -0.329 e. The molecule has 2 nitrogen and oxygen atoms in total. The van der Waals surface area contributed by atoms with Gasteiger partial charge in [-0.15, -0.1) is 0 Å². The van der Waals surface area contributed by atoms with E-state index in [0.717, 1.165) is 18.4 Å². The zero-order chi connectivity index (χ0) is 13.0. The molecule has 2 aliphatic carbocycles. The third-order valence-electron chi connectivity index (χ3n) is 5.64. The highest BCUT2D eigenvalue weighted by atomic mass is 15.2. The first-order chi connectivity index (χ1) is 8.66. The fourth-order valence-corrected chi connectivity index (χ4v) is 4.08. The summed E-state index contributed by atoms with van der Waals surface area (Å²) in [6.45, 7) is 4.54. The van der Waals surface area contributed by atoms with Gasteiger partial charge in [-0.3, -0.25) is 4.90 Å². The van der Waals surface area contributed by atoms with Gasteiger partial charge in [0.15, 0.2) is 0 Å². The fourth-order valence-electron chi connectivity index (χ4n) is 4.08. The van der Waals surface area contributed by atoms with Crippen LogP contribution in [0.5, 0.6) is 0 Å². The van der Waals surface area contributed by atoms with Crippen molar-refractivity contribution in [1.29, 1.82) is 0 Å². The maximum atomic E-state index is 6.19. The van der Waals surface area contributed by atoms with Gasteiger partial charge in [0.05, 0.1) is 0 Å². The first-order valence-corrected chi connectivity index (χ1v) is 8.07. The second kappa shape index (κ2) is 6.38. The van der Waals surface area contributed by atoms with E-state index in [1.807, 2.05) is 0 Å². The van der Waals surface area contributed by atoms with Crippen molar-refractivity contribution >= 4 is 0 Å². The second-order valence-electron chi connectivity index (χ2n) is 7.00. The van der Waals surface area contributed by atoms with E-state index in [9.17, 15) is 0 Å². The van der Waals surface area contributed by atoms with E-state index in [1.165, 1.54) is 64.3 Å². The van der Waals surface area contributed by atoms with Gasteiger partial charge in [-0.1, -0.05) is 32.6 Å². The predicted molar refractivity (Wildman–Crippen MR) is 78.6 cm³/mol. The molecule has 2 aliphatic rings. The molecule has 106 valence electrons. The SMILES string of the molecule is CC1CCCC(CN)(N(C)CC2CCCC2)CC1. The van der Waals surface area contributed by atoms with Gasteiger partial charge in [-0.2, -0.15) is 0 Å². The van der Waals surface area contributed by atoms with Crippen LogP contribution in [0.3, 0.4) is 0 Å². The quantitative estimate of drug-likeness (QED) is 0.777. The van der Waals surface area contributed by atoms with Crippen LogP contribution in [0, 0.1) is 11.8 Å². The first kappa shape index (κ1) is 14.3. The highest BCUT2D eigenvalue weighted by Crippen LogP contribution is 2.35. The summed E-state index contributed by atoms with van der Waals surface area (Å²) in [7, 11) is 2.33. The lowest BCUT2D eigenvalue weighted by atomic mass is 9.87. The Morgan fingerprint density at radius 3 is 2.44 bits per heavy atom. The molecule has 0 aromatic rings. The molecule has 2 atom stereocenters. The normalized spacial score (nSPS) is 35.0. The molecule has 2 fully saturated rings. The van der Waals surface area contributed by atoms with Crippen molar-refractivity contribution in [2.24, 2.45) is 17.6 Å². The molecule has 18 heavy (non-hydrogen) atoms. The summed E-state index contributed by atoms with van der Waals surface area (Å²) in [5.74, 6) is 1.84. The van der Waals surface area contributed by atoms with Crippen molar-refractivity contribution in [2.45, 2.75) is 70.3 Å². The Morgan fingerprint density at radius 2 is 1.78 bits per heavy atom. The molecule has 0 aromatic heterocycles. The predicted octanol–water partition coefficient (Wildman–Crippen LogP) is 3.41. The molecule has 0 saturated heterocycles. The molecule has 0 bridgehead atoms. The number of nitrogens with two attached hydrogens (primary N) is 1. The number of nitrogens with zero attached hydrogens (tertiary/aromatic N) is 1. The summed E-state index contributed by atoms with van der Waals surface area (Å²) in [5, 5.41) is 0. The van der Waals surface area contributed by atoms with Gasteiger partial charge in [-0.05, 0) is 51.0 Å². The highest BCUT2D eigenvalue weighted by Gasteiger charge is 2.36. The lowest BCUT2D eigenvalue weighted by Crippen LogP contribution is -2.53. The minimum atomic E-state index is 0.313. The zero-order valence-corrected chi connectivity index (χ0v) is 12.5. The molecule has 2 N–H and O–H groups in total. The van der Waals surface area contributed by atoms with Crippen molar-refractivity contribution in [2.75, 3.05) is 20.1 Å². The molecule has 2 unspecified atom stereocenters. The number of likely N-dealkylation sites (N-methyl/N-ethyl adjacent to an activating group) is 1. The van der Waals surface area contributed by atoms with Gasteiger partial charge in [0, 0.05) is 18.6 Å². The van der Waals surface area contributed by atoms with Crippen LogP contribution in [-0.4, -0.2) is 30.6 Å². The molecule has 0 spiro atoms. The van der Waals surface area contributed by atoms with Gasteiger partial charge >= 0.3 is 0 Å². The van der Waals surface area contributed by atoms with Gasteiger partial charge in [-0.25, -0.2) is 0 Å². The molecule has 0 aliphatic heterocycles. The molecular formula is C16H32N2. The standard InChI is InChI=1S/C16H32N2/c1-14-6-5-10-16(13-17,11-9-14)18(2)12-15-7-3-4-8-15/h14-15H,3-13,17H2,1-2H3. The van der Waals surface area contributed by atoms with Gasteiger partial charge in [0.2, 0.25) is 0 Å². The lowest BCUT2D eigenvalue weighted by Gasteiger charge is -2.42. The second-order valence-corrected chi connectivity index (χ2v) is 7.00. The Morgan fingerprint density at radius 1 is 1.06 bits per heavy atom. The van der Waals surface area contributed by atoms with Crippen molar-refractivity contribution in [3.63, 3.8) is 0 Å². The third-order valence-corrected chi connectivity index (χ3v) is 5.64. The Bertz CT molecular complexity index is 247. The van der Waals surface area contributed by atoms with Crippen LogP contribution in [0.25, 0.3) is 0 Å². The zero-order valence-electron chi connectivity index (χ0n) is 12.5. The Kier molecular flexibility index (Phi) is 5.08. The summed E-state index contributed by atoms with van der Waals surface area (Å²) in [5.41, 5.74) is 6.50. The van der Waals surface area contributed by atoms with Crippen LogP contribution < -0.4 is 5.73 Å². The maximum absolute atomic E-state index is 6.19. The fraction of sp³-hybridized carbons (Fsp3) is 1.00. The Hall–Kier alpha value is -0.0800. The van der Waals surface area contributed by atoms with Crippen LogP contribution in [0.4, 0.5) is 0 Å². The Labute approximate surface area is 113 Å². The van der Waals surface area contributed by atoms with E-state index >= 15 is 0 Å². The largest absolute Gasteiger partial charge is 0.329 e. The molecule has 2 saturated carbocycles. The van der Waals surface area contributed by atoms with Crippen molar-refractivity contribution in [1.82, 2.24) is 4.90 Å². The van der Waals surface area contributed by atoms with Crippen LogP contribution >= 0.6 is 0 Å². The van der Waals surface area contributed by atoms with Gasteiger partial charge < -0.3 is 5.73 Å². The highest BCUT2D eigenvalue weighted by molar-refractivity contribution is 4.93. The van der Waals surface area contributed by atoms with Crippen LogP contribution in [0.15, 0.2) is 0 Å². The summed E-state index contributed by atoms with van der Waals surface area (Å²) >= 11 is 0. The van der Waals surface area contributed by atoms with Crippen LogP contribution in [0.2, 0.25) is 0 Å². The van der Waals surface area contributed by atoms with E-state index in [2.05, 4.69) is 18.9 Å². The summed E-state index contributed by atoms with van der Waals surface area (Å²) in [4.78, 5) is 2.64. The van der Waals surface area contributed by atoms with Gasteiger partial charge in [0.25, 0.3) is 0 Å². The molecule has 0 heterocycles. The average Bonchev–Trinajstić information content (AvgIpc) is 2.78. The van der Waals surface area contributed by atoms with Crippen molar-refractivity contribution in [3.8, 4) is 0 Å². The van der Waals surface area contributed by atoms with Crippen LogP contribution in [0.1, 0.15) is 64.7 Å². The van der Waals surface area contributed by atoms with E-state index < -0.39 is 0 Å². The monoisotopic (exact) mass is 252 g/mol. The lowest BCUT2D eigenvalue weighted by molar-refractivity contribution is 0.0890. The summed E-state index contributed by atoms with van der Waals surface area (Å²) in [6.07, 6.45) is 12.6. The number of rotatable bonds is 4. The molecule has 0 aromatic carbocycles. The number of hydrogen-bond acceptors (Lipinski definition) is 2. The molecular weight excluding hydrogens is 220 g/mol. The van der Waals surface area contributed by atoms with E-state index in [-0.39, 0.29) is 0 Å². The Balaban J connectivity index is 1.95. The molecule has 2 rings (SSSR count). The van der Waals surface area contributed by atoms with E-state index in [1.54, 1.807) is 0 Å².